The van der Waals surface area contributed by atoms with Gasteiger partial charge < -0.3 is 9.73 Å². The first-order valence-corrected chi connectivity index (χ1v) is 6.95. The van der Waals surface area contributed by atoms with Gasteiger partial charge in [-0.3, -0.25) is 0 Å². The average Bonchev–Trinajstić information content (AvgIpc) is 3.17. The van der Waals surface area contributed by atoms with E-state index in [2.05, 4.69) is 27.8 Å². The molecule has 0 radical (unpaired) electrons. The summed E-state index contributed by atoms with van der Waals surface area (Å²) in [6.07, 6.45) is 3.52. The van der Waals surface area contributed by atoms with Crippen LogP contribution in [0.4, 0.5) is 5.95 Å². The zero-order valence-electron chi connectivity index (χ0n) is 11.8. The van der Waals surface area contributed by atoms with E-state index in [4.69, 9.17) is 4.42 Å². The number of benzene rings is 1. The summed E-state index contributed by atoms with van der Waals surface area (Å²) in [5.41, 5.74) is 0.934. The number of nitrogens with zero attached hydrogens (tertiary/aromatic N) is 4. The Kier molecular flexibility index (Phi) is 3.95. The van der Waals surface area contributed by atoms with E-state index in [1.54, 1.807) is 10.9 Å². The minimum absolute atomic E-state index is 0.239. The summed E-state index contributed by atoms with van der Waals surface area (Å²) in [5, 5.41) is 15.1. The molecule has 0 bridgehead atoms. The maximum atomic E-state index is 5.34. The molecule has 3 aromatic rings. The molecule has 0 saturated heterocycles. The van der Waals surface area contributed by atoms with Crippen molar-refractivity contribution >= 4 is 5.95 Å². The van der Waals surface area contributed by atoms with Gasteiger partial charge in [0.25, 0.3) is 0 Å². The van der Waals surface area contributed by atoms with Crippen molar-refractivity contribution in [3.05, 3.63) is 54.5 Å². The van der Waals surface area contributed by atoms with Gasteiger partial charge in [0.05, 0.1) is 12.0 Å². The largest absolute Gasteiger partial charge is 0.469 e. The Labute approximate surface area is 122 Å². The minimum atomic E-state index is 0.239. The van der Waals surface area contributed by atoms with Gasteiger partial charge in [-0.05, 0) is 48.0 Å². The number of para-hydroxylation sites is 1. The van der Waals surface area contributed by atoms with Crippen LogP contribution in [-0.4, -0.2) is 26.2 Å². The number of furan rings is 1. The first kappa shape index (κ1) is 13.4. The molecule has 0 aliphatic rings. The Hall–Kier alpha value is -2.63. The first-order valence-electron chi connectivity index (χ1n) is 6.95. The highest BCUT2D eigenvalue weighted by Crippen LogP contribution is 2.13. The SMILES string of the molecule is CC(CCc1ccco1)Nc1nnnn1-c1ccccc1. The summed E-state index contributed by atoms with van der Waals surface area (Å²) in [7, 11) is 0. The molecule has 0 amide bonds. The minimum Gasteiger partial charge on any atom is -0.469 e. The quantitative estimate of drug-likeness (QED) is 0.753. The summed E-state index contributed by atoms with van der Waals surface area (Å²) in [5.74, 6) is 1.64. The summed E-state index contributed by atoms with van der Waals surface area (Å²) >= 11 is 0. The van der Waals surface area contributed by atoms with Gasteiger partial charge in [0, 0.05) is 12.5 Å². The maximum Gasteiger partial charge on any atom is 0.247 e. The summed E-state index contributed by atoms with van der Waals surface area (Å²) < 4.78 is 7.04. The third-order valence-electron chi connectivity index (χ3n) is 3.25. The number of nitrogens with one attached hydrogen (secondary N) is 1. The summed E-state index contributed by atoms with van der Waals surface area (Å²) in [4.78, 5) is 0. The molecule has 108 valence electrons. The molecular formula is C15H17N5O. The van der Waals surface area contributed by atoms with E-state index >= 15 is 0 Å². The lowest BCUT2D eigenvalue weighted by Gasteiger charge is -2.13. The molecule has 2 heterocycles. The molecule has 1 atom stereocenters. The molecule has 0 saturated carbocycles. The predicted octanol–water partition coefficient (Wildman–Crippen LogP) is 2.69. The molecule has 0 aliphatic carbocycles. The summed E-state index contributed by atoms with van der Waals surface area (Å²) in [6, 6.07) is 14.0. The third-order valence-corrected chi connectivity index (χ3v) is 3.25. The van der Waals surface area contributed by atoms with E-state index in [9.17, 15) is 0 Å². The molecule has 0 fully saturated rings. The van der Waals surface area contributed by atoms with Gasteiger partial charge in [0.15, 0.2) is 0 Å². The van der Waals surface area contributed by atoms with Crippen molar-refractivity contribution in [1.82, 2.24) is 20.2 Å². The Morgan fingerprint density at radius 2 is 2.05 bits per heavy atom. The van der Waals surface area contributed by atoms with Crippen LogP contribution in [0.1, 0.15) is 19.1 Å². The Bertz CT molecular complexity index is 662. The van der Waals surface area contributed by atoms with Crippen LogP contribution in [-0.2, 0) is 6.42 Å². The monoisotopic (exact) mass is 283 g/mol. The van der Waals surface area contributed by atoms with Crippen LogP contribution in [0.2, 0.25) is 0 Å². The van der Waals surface area contributed by atoms with Gasteiger partial charge in [-0.15, -0.1) is 0 Å². The van der Waals surface area contributed by atoms with E-state index in [1.807, 2.05) is 42.5 Å². The Balaban J connectivity index is 1.64. The number of anilines is 1. The highest BCUT2D eigenvalue weighted by atomic mass is 16.3. The van der Waals surface area contributed by atoms with Crippen molar-refractivity contribution in [2.24, 2.45) is 0 Å². The molecule has 2 aromatic heterocycles. The lowest BCUT2D eigenvalue weighted by molar-refractivity contribution is 0.494. The van der Waals surface area contributed by atoms with Crippen LogP contribution in [0.3, 0.4) is 0 Å². The molecule has 1 unspecified atom stereocenters. The number of hydrogen-bond acceptors (Lipinski definition) is 5. The van der Waals surface area contributed by atoms with Gasteiger partial charge in [0.2, 0.25) is 5.95 Å². The number of aryl methyl sites for hydroxylation is 1. The molecule has 6 heteroatoms. The van der Waals surface area contributed by atoms with Crippen LogP contribution in [0.5, 0.6) is 0 Å². The van der Waals surface area contributed by atoms with Crippen LogP contribution >= 0.6 is 0 Å². The fraction of sp³-hybridized carbons (Fsp3) is 0.267. The predicted molar refractivity (Wildman–Crippen MR) is 79.3 cm³/mol. The number of rotatable bonds is 6. The van der Waals surface area contributed by atoms with Crippen molar-refractivity contribution in [3.63, 3.8) is 0 Å². The smallest absolute Gasteiger partial charge is 0.247 e. The van der Waals surface area contributed by atoms with E-state index in [0.29, 0.717) is 5.95 Å². The fourth-order valence-corrected chi connectivity index (χ4v) is 2.13. The second-order valence-electron chi connectivity index (χ2n) is 4.91. The number of aromatic nitrogens is 4. The Morgan fingerprint density at radius 1 is 1.19 bits per heavy atom. The zero-order chi connectivity index (χ0) is 14.5. The molecule has 6 nitrogen and oxygen atoms in total. The summed E-state index contributed by atoms with van der Waals surface area (Å²) in [6.45, 7) is 2.10. The van der Waals surface area contributed by atoms with Crippen LogP contribution in [0.15, 0.2) is 53.1 Å². The maximum absolute atomic E-state index is 5.34. The van der Waals surface area contributed by atoms with Crippen LogP contribution < -0.4 is 5.32 Å². The average molecular weight is 283 g/mol. The third kappa shape index (κ3) is 3.28. The second kappa shape index (κ2) is 6.21. The van der Waals surface area contributed by atoms with E-state index < -0.39 is 0 Å². The van der Waals surface area contributed by atoms with E-state index in [-0.39, 0.29) is 6.04 Å². The van der Waals surface area contributed by atoms with Crippen LogP contribution in [0, 0.1) is 0 Å². The molecule has 1 N–H and O–H groups in total. The van der Waals surface area contributed by atoms with Crippen molar-refractivity contribution < 1.29 is 4.42 Å². The van der Waals surface area contributed by atoms with Crippen molar-refractivity contribution in [3.8, 4) is 5.69 Å². The molecule has 1 aromatic carbocycles. The molecular weight excluding hydrogens is 266 g/mol. The number of tetrazole rings is 1. The van der Waals surface area contributed by atoms with Crippen LogP contribution in [0.25, 0.3) is 5.69 Å². The number of hydrogen-bond donors (Lipinski definition) is 1. The fourth-order valence-electron chi connectivity index (χ4n) is 2.13. The molecule has 3 rings (SSSR count). The lowest BCUT2D eigenvalue weighted by Crippen LogP contribution is -2.19. The molecule has 0 aliphatic heterocycles. The first-order chi connectivity index (χ1) is 10.3. The molecule has 21 heavy (non-hydrogen) atoms. The van der Waals surface area contributed by atoms with Gasteiger partial charge in [-0.25, -0.2) is 0 Å². The van der Waals surface area contributed by atoms with Gasteiger partial charge >= 0.3 is 0 Å². The van der Waals surface area contributed by atoms with Gasteiger partial charge in [-0.2, -0.15) is 4.68 Å². The van der Waals surface area contributed by atoms with Crippen molar-refractivity contribution in [2.75, 3.05) is 5.32 Å². The zero-order valence-corrected chi connectivity index (χ0v) is 11.8. The standard InChI is InChI=1S/C15H17N5O/c1-12(9-10-14-8-5-11-21-14)16-15-17-18-19-20(15)13-6-3-2-4-7-13/h2-8,11-12H,9-10H2,1H3,(H,16,17,19). The van der Waals surface area contributed by atoms with Crippen molar-refractivity contribution in [2.45, 2.75) is 25.8 Å². The van der Waals surface area contributed by atoms with E-state index in [1.165, 1.54) is 0 Å². The second-order valence-corrected chi connectivity index (χ2v) is 4.91. The molecule has 0 spiro atoms. The topological polar surface area (TPSA) is 68.8 Å². The highest BCUT2D eigenvalue weighted by Gasteiger charge is 2.11. The van der Waals surface area contributed by atoms with Crippen molar-refractivity contribution in [1.29, 1.82) is 0 Å². The van der Waals surface area contributed by atoms with E-state index in [0.717, 1.165) is 24.3 Å². The Morgan fingerprint density at radius 3 is 2.81 bits per heavy atom. The lowest BCUT2D eigenvalue weighted by atomic mass is 10.1. The highest BCUT2D eigenvalue weighted by molar-refractivity contribution is 5.38. The normalized spacial score (nSPS) is 12.2. The van der Waals surface area contributed by atoms with Gasteiger partial charge in [-0.1, -0.05) is 23.3 Å². The van der Waals surface area contributed by atoms with Gasteiger partial charge in [0.1, 0.15) is 5.76 Å².